The number of fused-ring (bicyclic) bond motifs is 1. The van der Waals surface area contributed by atoms with Crippen molar-refractivity contribution in [3.8, 4) is 0 Å². The minimum absolute atomic E-state index is 0.0363. The Morgan fingerprint density at radius 1 is 1.07 bits per heavy atom. The van der Waals surface area contributed by atoms with Gasteiger partial charge >= 0.3 is 5.69 Å². The summed E-state index contributed by atoms with van der Waals surface area (Å²) >= 11 is 6.03. The summed E-state index contributed by atoms with van der Waals surface area (Å²) in [6.07, 6.45) is 0.0726. The number of anilines is 1. The predicted octanol–water partition coefficient (Wildman–Crippen LogP) is 1.75. The van der Waals surface area contributed by atoms with Crippen LogP contribution in [0.4, 0.5) is 5.95 Å². The lowest BCUT2D eigenvalue weighted by atomic mass is 10.2. The second kappa shape index (κ2) is 7.35. The molecule has 0 bridgehead atoms. The second-order valence-electron chi connectivity index (χ2n) is 7.66. The zero-order chi connectivity index (χ0) is 20.9. The van der Waals surface area contributed by atoms with Crippen LogP contribution >= 0.6 is 11.6 Å². The molecule has 0 spiro atoms. The fourth-order valence-corrected chi connectivity index (χ4v) is 4.07. The Labute approximate surface area is 172 Å². The molecule has 29 heavy (non-hydrogen) atoms. The Kier molecular flexibility index (Phi) is 5.00. The van der Waals surface area contributed by atoms with Gasteiger partial charge in [-0.2, -0.15) is 4.98 Å². The number of hydrogen-bond donors (Lipinski definition) is 0. The molecule has 1 aliphatic rings. The highest BCUT2D eigenvalue weighted by molar-refractivity contribution is 6.30. The molecule has 0 radical (unpaired) electrons. The number of morpholine rings is 1. The number of imidazole rings is 1. The predicted molar refractivity (Wildman–Crippen MR) is 113 cm³/mol. The van der Waals surface area contributed by atoms with Crippen LogP contribution in [0.15, 0.2) is 33.9 Å². The molecule has 1 fully saturated rings. The summed E-state index contributed by atoms with van der Waals surface area (Å²) in [4.78, 5) is 32.3. The first-order valence-electron chi connectivity index (χ1n) is 9.57. The Morgan fingerprint density at radius 3 is 2.31 bits per heavy atom. The Morgan fingerprint density at radius 2 is 1.69 bits per heavy atom. The third-order valence-corrected chi connectivity index (χ3v) is 5.54. The first kappa shape index (κ1) is 19.7. The molecule has 0 saturated carbocycles. The van der Waals surface area contributed by atoms with Crippen molar-refractivity contribution in [1.29, 1.82) is 0 Å². The van der Waals surface area contributed by atoms with Gasteiger partial charge in [-0.15, -0.1) is 0 Å². The van der Waals surface area contributed by atoms with E-state index in [1.165, 1.54) is 11.6 Å². The maximum absolute atomic E-state index is 13.0. The van der Waals surface area contributed by atoms with Crippen LogP contribution in [0.5, 0.6) is 0 Å². The Hall–Kier alpha value is -2.58. The lowest BCUT2D eigenvalue weighted by Gasteiger charge is -2.36. The molecular formula is C20H24ClN5O3. The van der Waals surface area contributed by atoms with Gasteiger partial charge in [0.2, 0.25) is 5.95 Å². The van der Waals surface area contributed by atoms with E-state index in [2.05, 4.69) is 4.90 Å². The molecule has 4 rings (SSSR count). The van der Waals surface area contributed by atoms with E-state index in [1.54, 1.807) is 7.05 Å². The number of halogens is 1. The maximum atomic E-state index is 13.0. The van der Waals surface area contributed by atoms with Crippen molar-refractivity contribution in [3.05, 3.63) is 55.7 Å². The van der Waals surface area contributed by atoms with Crippen LogP contribution in [-0.2, 0) is 25.4 Å². The molecule has 3 aromatic rings. The molecule has 154 valence electrons. The summed E-state index contributed by atoms with van der Waals surface area (Å²) in [7, 11) is 3.13. The monoisotopic (exact) mass is 417 g/mol. The highest BCUT2D eigenvalue weighted by Gasteiger charge is 2.28. The zero-order valence-corrected chi connectivity index (χ0v) is 17.7. The van der Waals surface area contributed by atoms with Gasteiger partial charge in [-0.05, 0) is 31.5 Å². The van der Waals surface area contributed by atoms with Crippen molar-refractivity contribution < 1.29 is 4.74 Å². The molecule has 0 amide bonds. The van der Waals surface area contributed by atoms with E-state index >= 15 is 0 Å². The number of ether oxygens (including phenoxy) is 1. The lowest BCUT2D eigenvalue weighted by Crippen LogP contribution is -2.46. The number of nitrogens with zero attached hydrogens (tertiary/aromatic N) is 5. The van der Waals surface area contributed by atoms with Gasteiger partial charge in [0.15, 0.2) is 11.2 Å². The fraction of sp³-hybridized carbons (Fsp3) is 0.450. The summed E-state index contributed by atoms with van der Waals surface area (Å²) in [6.45, 7) is 5.79. The van der Waals surface area contributed by atoms with E-state index < -0.39 is 5.69 Å². The minimum atomic E-state index is -0.395. The molecule has 8 nitrogen and oxygen atoms in total. The van der Waals surface area contributed by atoms with Crippen molar-refractivity contribution in [3.63, 3.8) is 0 Å². The Bertz CT molecular complexity index is 1170. The summed E-state index contributed by atoms with van der Waals surface area (Å²) in [5.41, 5.74) is 1.03. The van der Waals surface area contributed by atoms with E-state index in [9.17, 15) is 9.59 Å². The van der Waals surface area contributed by atoms with Crippen LogP contribution < -0.4 is 16.1 Å². The third kappa shape index (κ3) is 3.47. The molecule has 2 unspecified atom stereocenters. The van der Waals surface area contributed by atoms with Crippen LogP contribution in [0.3, 0.4) is 0 Å². The summed E-state index contributed by atoms with van der Waals surface area (Å²) in [5, 5.41) is 0.651. The summed E-state index contributed by atoms with van der Waals surface area (Å²) < 4.78 is 10.3. The smallest absolute Gasteiger partial charge is 0.332 e. The van der Waals surface area contributed by atoms with E-state index in [0.717, 1.165) is 10.1 Å². The number of aromatic nitrogens is 4. The van der Waals surface area contributed by atoms with E-state index in [-0.39, 0.29) is 17.8 Å². The highest BCUT2D eigenvalue weighted by atomic mass is 35.5. The van der Waals surface area contributed by atoms with E-state index in [1.807, 2.05) is 42.7 Å². The van der Waals surface area contributed by atoms with Gasteiger partial charge in [-0.3, -0.25) is 18.5 Å². The molecule has 1 aliphatic heterocycles. The Balaban J connectivity index is 1.95. The number of benzene rings is 1. The molecule has 9 heteroatoms. The second-order valence-corrected chi connectivity index (χ2v) is 8.10. The minimum Gasteiger partial charge on any atom is -0.372 e. The maximum Gasteiger partial charge on any atom is 0.332 e. The number of hydrogen-bond acceptors (Lipinski definition) is 5. The van der Waals surface area contributed by atoms with Gasteiger partial charge in [0.05, 0.1) is 18.8 Å². The van der Waals surface area contributed by atoms with Crippen LogP contribution in [0, 0.1) is 0 Å². The number of rotatable bonds is 3. The van der Waals surface area contributed by atoms with E-state index in [0.29, 0.717) is 41.8 Å². The summed E-state index contributed by atoms with van der Waals surface area (Å²) in [6, 6.07) is 7.49. The van der Waals surface area contributed by atoms with Gasteiger partial charge in [0.1, 0.15) is 0 Å². The first-order valence-corrected chi connectivity index (χ1v) is 9.95. The summed E-state index contributed by atoms with van der Waals surface area (Å²) in [5.74, 6) is 0.662. The average Bonchev–Trinajstić information content (AvgIpc) is 3.05. The molecule has 2 atom stereocenters. The van der Waals surface area contributed by atoms with Crippen molar-refractivity contribution in [2.24, 2.45) is 14.1 Å². The van der Waals surface area contributed by atoms with Crippen molar-refractivity contribution in [2.75, 3.05) is 18.0 Å². The largest absolute Gasteiger partial charge is 0.372 e. The van der Waals surface area contributed by atoms with Crippen molar-refractivity contribution in [2.45, 2.75) is 32.6 Å². The topological polar surface area (TPSA) is 74.3 Å². The van der Waals surface area contributed by atoms with Crippen molar-refractivity contribution in [1.82, 2.24) is 18.7 Å². The van der Waals surface area contributed by atoms with Crippen LogP contribution in [-0.4, -0.2) is 44.0 Å². The molecule has 0 aliphatic carbocycles. The number of aryl methyl sites for hydroxylation is 1. The zero-order valence-electron chi connectivity index (χ0n) is 16.9. The first-order chi connectivity index (χ1) is 13.8. The van der Waals surface area contributed by atoms with Gasteiger partial charge in [0.25, 0.3) is 5.56 Å². The SMILES string of the molecule is CC1CN(c2nc3c(c(=O)n(C)c(=O)n3C)n2Cc2ccc(Cl)cc2)CC(C)O1. The normalized spacial score (nSPS) is 19.8. The van der Waals surface area contributed by atoms with Gasteiger partial charge in [0, 0.05) is 32.2 Å². The van der Waals surface area contributed by atoms with Crippen LogP contribution in [0.1, 0.15) is 19.4 Å². The quantitative estimate of drug-likeness (QED) is 0.649. The molecular weight excluding hydrogens is 394 g/mol. The van der Waals surface area contributed by atoms with Crippen molar-refractivity contribution >= 4 is 28.7 Å². The fourth-order valence-electron chi connectivity index (χ4n) is 3.94. The van der Waals surface area contributed by atoms with Gasteiger partial charge < -0.3 is 9.64 Å². The lowest BCUT2D eigenvalue weighted by molar-refractivity contribution is -0.00585. The van der Waals surface area contributed by atoms with Gasteiger partial charge in [-0.1, -0.05) is 23.7 Å². The molecule has 1 saturated heterocycles. The van der Waals surface area contributed by atoms with E-state index in [4.69, 9.17) is 21.3 Å². The molecule has 1 aromatic carbocycles. The molecule has 3 heterocycles. The average molecular weight is 418 g/mol. The highest BCUT2D eigenvalue weighted by Crippen LogP contribution is 2.25. The van der Waals surface area contributed by atoms with Crippen LogP contribution in [0.25, 0.3) is 11.2 Å². The third-order valence-electron chi connectivity index (χ3n) is 5.28. The standard InChI is InChI=1S/C20H24ClN5O3/c1-12-9-25(10-13(2)29-12)19-22-17-16(18(27)24(4)20(28)23(17)3)26(19)11-14-5-7-15(21)8-6-14/h5-8,12-13H,9-11H2,1-4H3. The molecule has 0 N–H and O–H groups in total. The van der Waals surface area contributed by atoms with Gasteiger partial charge in [-0.25, -0.2) is 4.79 Å². The van der Waals surface area contributed by atoms with Crippen LogP contribution in [0.2, 0.25) is 5.02 Å². The molecule has 2 aromatic heterocycles.